The maximum Gasteiger partial charge on any atom is 0.333 e. The van der Waals surface area contributed by atoms with Gasteiger partial charge in [-0.15, -0.1) is 5.09 Å². The Labute approximate surface area is 155 Å². The van der Waals surface area contributed by atoms with Gasteiger partial charge in [0.15, 0.2) is 5.30 Å². The van der Waals surface area contributed by atoms with Crippen molar-refractivity contribution in [1.82, 2.24) is 5.09 Å². The third kappa shape index (κ3) is 4.85. The van der Waals surface area contributed by atoms with E-state index in [1.54, 1.807) is 0 Å². The lowest BCUT2D eigenvalue weighted by atomic mass is 10.1. The van der Waals surface area contributed by atoms with Gasteiger partial charge in [-0.2, -0.15) is 0 Å². The third-order valence-corrected chi connectivity index (χ3v) is 6.25. The van der Waals surface area contributed by atoms with Crippen LogP contribution in [-0.2, 0) is 0 Å². The summed E-state index contributed by atoms with van der Waals surface area (Å²) in [7, 11) is -0.986. The summed E-state index contributed by atoms with van der Waals surface area (Å²) in [6.07, 6.45) is 0. The molecule has 0 saturated carbocycles. The van der Waals surface area contributed by atoms with Crippen LogP contribution in [0, 0.1) is 5.82 Å². The monoisotopic (exact) mass is 365 g/mol. The fraction of sp³-hybridized carbons (Fsp3) is 0.182. The molecule has 3 atom stereocenters. The van der Waals surface area contributed by atoms with Crippen LogP contribution in [0.1, 0.15) is 37.1 Å². The normalized spacial score (nSPS) is 14.0. The summed E-state index contributed by atoms with van der Waals surface area (Å²) >= 11 is 0. The number of hydrogen-bond acceptors (Lipinski definition) is 1. The molecule has 0 aliphatic carbocycles. The van der Waals surface area contributed by atoms with Gasteiger partial charge in [0.1, 0.15) is 11.9 Å². The van der Waals surface area contributed by atoms with Gasteiger partial charge in [0.2, 0.25) is 0 Å². The van der Waals surface area contributed by atoms with E-state index in [0.717, 1.165) is 5.30 Å². The SMILES string of the molecule is CC(N=[P+](NC(C)c1ccccc1)c1ccc(F)cc1)c1ccccc1. The molecule has 0 aliphatic rings. The van der Waals surface area contributed by atoms with Crippen molar-refractivity contribution in [2.24, 2.45) is 4.74 Å². The smallest absolute Gasteiger partial charge is 0.207 e. The Hall–Kier alpha value is -2.35. The number of benzene rings is 3. The number of halogens is 1. The molecular weight excluding hydrogens is 342 g/mol. The maximum absolute atomic E-state index is 13.4. The highest BCUT2D eigenvalue weighted by molar-refractivity contribution is 7.53. The van der Waals surface area contributed by atoms with Crippen LogP contribution in [0.25, 0.3) is 0 Å². The van der Waals surface area contributed by atoms with E-state index in [1.165, 1.54) is 23.3 Å². The van der Waals surface area contributed by atoms with Crippen LogP contribution >= 0.6 is 7.86 Å². The van der Waals surface area contributed by atoms with Gasteiger partial charge in [-0.1, -0.05) is 65.4 Å². The van der Waals surface area contributed by atoms with Crippen LogP contribution in [0.15, 0.2) is 89.7 Å². The van der Waals surface area contributed by atoms with E-state index in [1.807, 2.05) is 48.5 Å². The van der Waals surface area contributed by atoms with E-state index < -0.39 is 7.86 Å². The fourth-order valence-corrected chi connectivity index (χ4v) is 4.50. The van der Waals surface area contributed by atoms with E-state index in [9.17, 15) is 4.39 Å². The van der Waals surface area contributed by atoms with Crippen molar-refractivity contribution in [3.05, 3.63) is 102 Å². The van der Waals surface area contributed by atoms with Crippen molar-refractivity contribution in [2.75, 3.05) is 0 Å². The number of nitrogens with one attached hydrogen (secondary N) is 1. The van der Waals surface area contributed by atoms with E-state index in [2.05, 4.69) is 43.2 Å². The summed E-state index contributed by atoms with van der Waals surface area (Å²) in [5, 5.41) is 4.67. The summed E-state index contributed by atoms with van der Waals surface area (Å²) in [6.45, 7) is 4.24. The molecule has 2 nitrogen and oxygen atoms in total. The topological polar surface area (TPSA) is 24.4 Å². The van der Waals surface area contributed by atoms with E-state index in [0.29, 0.717) is 0 Å². The second kappa shape index (κ2) is 8.84. The Morgan fingerprint density at radius 3 is 1.88 bits per heavy atom. The molecule has 3 aromatic rings. The molecule has 0 fully saturated rings. The second-order valence-electron chi connectivity index (χ2n) is 6.25. The molecule has 0 spiro atoms. The van der Waals surface area contributed by atoms with Crippen LogP contribution in [0.4, 0.5) is 4.39 Å². The van der Waals surface area contributed by atoms with Crippen LogP contribution in [0.3, 0.4) is 0 Å². The summed E-state index contributed by atoms with van der Waals surface area (Å²) in [5.74, 6) is -0.226. The zero-order valence-corrected chi connectivity index (χ0v) is 15.9. The average Bonchev–Trinajstić information content (AvgIpc) is 2.69. The minimum absolute atomic E-state index is 0.0582. The number of rotatable bonds is 6. The molecule has 0 saturated heterocycles. The fourth-order valence-electron chi connectivity index (χ4n) is 2.73. The molecule has 0 radical (unpaired) electrons. The summed E-state index contributed by atoms with van der Waals surface area (Å²) < 4.78 is 18.4. The first kappa shape index (κ1) is 18.4. The van der Waals surface area contributed by atoms with Gasteiger partial charge in [0.05, 0.1) is 6.04 Å². The van der Waals surface area contributed by atoms with E-state index >= 15 is 0 Å². The third-order valence-electron chi connectivity index (χ3n) is 4.26. The molecule has 26 heavy (non-hydrogen) atoms. The Balaban J connectivity index is 1.91. The zero-order chi connectivity index (χ0) is 18.4. The molecule has 0 bridgehead atoms. The van der Waals surface area contributed by atoms with Gasteiger partial charge in [-0.25, -0.2) is 4.39 Å². The first-order valence-electron chi connectivity index (χ1n) is 8.76. The van der Waals surface area contributed by atoms with E-state index in [4.69, 9.17) is 4.74 Å². The van der Waals surface area contributed by atoms with Gasteiger partial charge in [-0.3, -0.25) is 0 Å². The highest BCUT2D eigenvalue weighted by Gasteiger charge is 2.23. The largest absolute Gasteiger partial charge is 0.333 e. The number of nitrogens with zero attached hydrogens (tertiary/aromatic N) is 1. The number of hydrogen-bond donors (Lipinski definition) is 1. The van der Waals surface area contributed by atoms with Crippen molar-refractivity contribution < 1.29 is 4.39 Å². The second-order valence-corrected chi connectivity index (χ2v) is 7.88. The lowest BCUT2D eigenvalue weighted by Gasteiger charge is -2.10. The molecule has 0 aliphatic heterocycles. The predicted octanol–water partition coefficient (Wildman–Crippen LogP) is 6.14. The average molecular weight is 365 g/mol. The maximum atomic E-state index is 13.4. The zero-order valence-electron chi connectivity index (χ0n) is 15.0. The van der Waals surface area contributed by atoms with Crippen molar-refractivity contribution >= 4 is 13.2 Å². The molecule has 0 heterocycles. The molecule has 0 aromatic heterocycles. The summed E-state index contributed by atoms with van der Waals surface area (Å²) in [6, 6.07) is 27.4. The van der Waals surface area contributed by atoms with Crippen LogP contribution in [0.5, 0.6) is 0 Å². The van der Waals surface area contributed by atoms with Crippen molar-refractivity contribution in [1.29, 1.82) is 0 Å². The molecule has 1 N–H and O–H groups in total. The molecule has 3 unspecified atom stereocenters. The molecule has 0 amide bonds. The molecule has 132 valence electrons. The lowest BCUT2D eigenvalue weighted by molar-refractivity contribution is 0.628. The molecular formula is C22H23FN2P+. The summed E-state index contributed by atoms with van der Waals surface area (Å²) in [5.41, 5.74) is 2.39. The quantitative estimate of drug-likeness (QED) is 0.521. The molecule has 3 aromatic carbocycles. The van der Waals surface area contributed by atoms with Crippen molar-refractivity contribution in [2.45, 2.75) is 25.9 Å². The van der Waals surface area contributed by atoms with Gasteiger partial charge in [-0.05, 0) is 49.2 Å². The molecule has 4 heteroatoms. The Morgan fingerprint density at radius 2 is 1.31 bits per heavy atom. The van der Waals surface area contributed by atoms with Crippen LogP contribution in [0.2, 0.25) is 0 Å². The van der Waals surface area contributed by atoms with Gasteiger partial charge < -0.3 is 0 Å². The van der Waals surface area contributed by atoms with Crippen molar-refractivity contribution in [3.8, 4) is 0 Å². The highest BCUT2D eigenvalue weighted by Crippen LogP contribution is 2.31. The van der Waals surface area contributed by atoms with Crippen LogP contribution < -0.4 is 10.4 Å². The summed E-state index contributed by atoms with van der Waals surface area (Å²) in [4.78, 5) is 0. The highest BCUT2D eigenvalue weighted by atomic mass is 31.1. The Morgan fingerprint density at radius 1 is 0.769 bits per heavy atom. The lowest BCUT2D eigenvalue weighted by Crippen LogP contribution is -2.16. The van der Waals surface area contributed by atoms with Gasteiger partial charge >= 0.3 is 7.86 Å². The van der Waals surface area contributed by atoms with Crippen molar-refractivity contribution in [3.63, 3.8) is 0 Å². The predicted molar refractivity (Wildman–Crippen MR) is 108 cm³/mol. The standard InChI is InChI=1S/C22H23FN2P/c1-17(19-9-5-3-6-10-19)24-26(22-15-13-21(23)14-16-22)25-18(2)20-11-7-4-8-12-20/h3-18H,1-2H3,(H,24,25)/q+1. The molecule has 3 rings (SSSR count). The Bertz CT molecular complexity index is 848. The van der Waals surface area contributed by atoms with Gasteiger partial charge in [0, 0.05) is 0 Å². The minimum atomic E-state index is -0.986. The first-order valence-corrected chi connectivity index (χ1v) is 10.1. The first-order chi connectivity index (χ1) is 12.6. The minimum Gasteiger partial charge on any atom is -0.207 e. The van der Waals surface area contributed by atoms with Gasteiger partial charge in [0.25, 0.3) is 0 Å². The van der Waals surface area contributed by atoms with Crippen LogP contribution in [-0.4, -0.2) is 0 Å². The van der Waals surface area contributed by atoms with E-state index in [-0.39, 0.29) is 17.9 Å². The Kier molecular flexibility index (Phi) is 6.27.